The summed E-state index contributed by atoms with van der Waals surface area (Å²) in [6.45, 7) is 13.9. The van der Waals surface area contributed by atoms with Gasteiger partial charge in [0, 0.05) is 24.2 Å². The van der Waals surface area contributed by atoms with E-state index in [0.29, 0.717) is 16.7 Å². The Morgan fingerprint density at radius 1 is 1.07 bits per heavy atom. The Labute approximate surface area is 177 Å². The van der Waals surface area contributed by atoms with Crippen LogP contribution < -0.4 is 0 Å². The molecule has 0 aromatic carbocycles. The second kappa shape index (κ2) is 7.12. The monoisotopic (exact) mass is 399 g/mol. The SMILES string of the molecule is CC[C@H]1C=C2C[C@@H](O)CC[C@]2(C)[C@H]2CC[C@]3(C)C(N4CCOCC4)=C(C)C[C@H]3[C@H]12. The van der Waals surface area contributed by atoms with Crippen LogP contribution >= 0.6 is 0 Å². The average Bonchev–Trinajstić information content (AvgIpc) is 2.98. The standard InChI is InChI=1S/C26H41NO2/c1-5-18-15-19-16-20(28)6-8-25(19,3)21-7-9-26(4)22(23(18)21)14-17(2)24(26)27-10-12-29-13-11-27/h15,18,20-23,28H,5-14,16H2,1-4H3/t18-,20-,21-,22-,23+,25-,26-/m0/s1. The van der Waals surface area contributed by atoms with Gasteiger partial charge in [-0.15, -0.1) is 0 Å². The summed E-state index contributed by atoms with van der Waals surface area (Å²) in [5, 5.41) is 10.4. The van der Waals surface area contributed by atoms with Gasteiger partial charge in [0.2, 0.25) is 0 Å². The van der Waals surface area contributed by atoms with E-state index in [1.807, 2.05) is 0 Å². The van der Waals surface area contributed by atoms with Crippen LogP contribution in [0, 0.1) is 34.5 Å². The molecule has 162 valence electrons. The summed E-state index contributed by atoms with van der Waals surface area (Å²) < 4.78 is 5.67. The number of ether oxygens (including phenoxy) is 1. The highest BCUT2D eigenvalue weighted by Gasteiger charge is 2.60. The van der Waals surface area contributed by atoms with Crippen molar-refractivity contribution in [1.82, 2.24) is 4.90 Å². The van der Waals surface area contributed by atoms with Gasteiger partial charge in [0.25, 0.3) is 0 Å². The van der Waals surface area contributed by atoms with E-state index >= 15 is 0 Å². The maximum absolute atomic E-state index is 10.4. The lowest BCUT2D eigenvalue weighted by Crippen LogP contribution is -2.54. The number of rotatable bonds is 2. The molecule has 0 unspecified atom stereocenters. The van der Waals surface area contributed by atoms with Gasteiger partial charge in [-0.05, 0) is 81.0 Å². The number of allylic oxidation sites excluding steroid dienone is 3. The van der Waals surface area contributed by atoms with Gasteiger partial charge in [0.05, 0.1) is 19.3 Å². The molecule has 4 aliphatic carbocycles. The predicted molar refractivity (Wildman–Crippen MR) is 117 cm³/mol. The maximum Gasteiger partial charge on any atom is 0.0642 e. The fourth-order valence-corrected chi connectivity index (χ4v) is 8.52. The van der Waals surface area contributed by atoms with Gasteiger partial charge in [0.1, 0.15) is 0 Å². The molecule has 3 fully saturated rings. The summed E-state index contributed by atoms with van der Waals surface area (Å²) in [7, 11) is 0. The molecule has 29 heavy (non-hydrogen) atoms. The molecular formula is C26H41NO2. The van der Waals surface area contributed by atoms with Crippen molar-refractivity contribution in [3.05, 3.63) is 22.9 Å². The number of morpholine rings is 1. The Bertz CT molecular complexity index is 720. The topological polar surface area (TPSA) is 32.7 Å². The molecule has 5 rings (SSSR count). The first-order chi connectivity index (χ1) is 13.9. The normalized spacial score (nSPS) is 47.4. The molecule has 0 aromatic heterocycles. The van der Waals surface area contributed by atoms with Crippen molar-refractivity contribution >= 4 is 0 Å². The highest BCUT2D eigenvalue weighted by molar-refractivity contribution is 5.34. The molecule has 1 N–H and O–H groups in total. The molecular weight excluding hydrogens is 358 g/mol. The van der Waals surface area contributed by atoms with Gasteiger partial charge in [-0.25, -0.2) is 0 Å². The first-order valence-electron chi connectivity index (χ1n) is 12.3. The zero-order chi connectivity index (χ0) is 20.4. The van der Waals surface area contributed by atoms with E-state index in [1.165, 1.54) is 32.1 Å². The summed E-state index contributed by atoms with van der Waals surface area (Å²) in [6, 6.07) is 0. The number of aliphatic hydroxyl groups excluding tert-OH is 1. The third-order valence-corrected chi connectivity index (χ3v) is 9.91. The minimum atomic E-state index is -0.111. The van der Waals surface area contributed by atoms with Gasteiger partial charge in [0.15, 0.2) is 0 Å². The molecule has 3 heteroatoms. The maximum atomic E-state index is 10.4. The van der Waals surface area contributed by atoms with E-state index in [0.717, 1.165) is 56.9 Å². The van der Waals surface area contributed by atoms with Crippen molar-refractivity contribution in [1.29, 1.82) is 0 Å². The zero-order valence-electron chi connectivity index (χ0n) is 19.0. The summed E-state index contributed by atoms with van der Waals surface area (Å²) in [4.78, 5) is 2.68. The van der Waals surface area contributed by atoms with Gasteiger partial charge in [-0.1, -0.05) is 38.0 Å². The molecule has 2 saturated carbocycles. The Hall–Kier alpha value is -0.800. The second-order valence-corrected chi connectivity index (χ2v) is 11.3. The molecule has 0 aromatic rings. The van der Waals surface area contributed by atoms with Crippen molar-refractivity contribution < 1.29 is 9.84 Å². The molecule has 0 bridgehead atoms. The van der Waals surface area contributed by atoms with Gasteiger partial charge in [-0.2, -0.15) is 0 Å². The van der Waals surface area contributed by atoms with E-state index in [1.54, 1.807) is 16.8 Å². The number of hydrogen-bond donors (Lipinski definition) is 1. The van der Waals surface area contributed by atoms with Crippen LogP contribution in [-0.2, 0) is 4.74 Å². The number of fused-ring (bicyclic) bond motifs is 5. The quantitative estimate of drug-likeness (QED) is 0.651. The van der Waals surface area contributed by atoms with E-state index in [-0.39, 0.29) is 6.10 Å². The van der Waals surface area contributed by atoms with Crippen LogP contribution in [0.5, 0.6) is 0 Å². The first kappa shape index (κ1) is 20.1. The van der Waals surface area contributed by atoms with E-state index in [2.05, 4.69) is 38.7 Å². The van der Waals surface area contributed by atoms with Crippen molar-refractivity contribution in [3.8, 4) is 0 Å². The number of aliphatic hydroxyl groups is 1. The molecule has 1 heterocycles. The summed E-state index contributed by atoms with van der Waals surface area (Å²) in [6.07, 6.45) is 10.9. The first-order valence-corrected chi connectivity index (χ1v) is 12.3. The van der Waals surface area contributed by atoms with Gasteiger partial charge < -0.3 is 14.7 Å². The summed E-state index contributed by atoms with van der Waals surface area (Å²) in [5.41, 5.74) is 5.62. The molecule has 3 nitrogen and oxygen atoms in total. The highest BCUT2D eigenvalue weighted by Crippen LogP contribution is 2.67. The van der Waals surface area contributed by atoms with Crippen LogP contribution in [-0.4, -0.2) is 42.4 Å². The van der Waals surface area contributed by atoms with Crippen molar-refractivity contribution in [2.75, 3.05) is 26.3 Å². The molecule has 7 atom stereocenters. The Morgan fingerprint density at radius 2 is 1.79 bits per heavy atom. The fraction of sp³-hybridized carbons (Fsp3) is 0.846. The van der Waals surface area contributed by atoms with E-state index < -0.39 is 0 Å². The lowest BCUT2D eigenvalue weighted by atomic mass is 9.45. The van der Waals surface area contributed by atoms with Crippen LogP contribution in [0.3, 0.4) is 0 Å². The Balaban J connectivity index is 1.51. The van der Waals surface area contributed by atoms with E-state index in [4.69, 9.17) is 4.74 Å². The average molecular weight is 400 g/mol. The van der Waals surface area contributed by atoms with Gasteiger partial charge in [-0.3, -0.25) is 0 Å². The molecule has 1 saturated heterocycles. The van der Waals surface area contributed by atoms with Crippen LogP contribution in [0.25, 0.3) is 0 Å². The minimum absolute atomic E-state index is 0.111. The van der Waals surface area contributed by atoms with E-state index in [9.17, 15) is 5.11 Å². The van der Waals surface area contributed by atoms with Crippen LogP contribution in [0.2, 0.25) is 0 Å². The lowest BCUT2D eigenvalue weighted by molar-refractivity contribution is -0.0614. The van der Waals surface area contributed by atoms with Crippen molar-refractivity contribution in [3.63, 3.8) is 0 Å². The molecule has 0 spiro atoms. The highest BCUT2D eigenvalue weighted by atomic mass is 16.5. The third kappa shape index (κ3) is 2.90. The largest absolute Gasteiger partial charge is 0.393 e. The number of hydrogen-bond acceptors (Lipinski definition) is 3. The smallest absolute Gasteiger partial charge is 0.0642 e. The fourth-order valence-electron chi connectivity index (χ4n) is 8.52. The molecule has 0 amide bonds. The van der Waals surface area contributed by atoms with Crippen LogP contribution in [0.4, 0.5) is 0 Å². The Morgan fingerprint density at radius 3 is 2.52 bits per heavy atom. The van der Waals surface area contributed by atoms with Crippen LogP contribution in [0.1, 0.15) is 72.6 Å². The molecule has 0 radical (unpaired) electrons. The van der Waals surface area contributed by atoms with Gasteiger partial charge >= 0.3 is 0 Å². The lowest BCUT2D eigenvalue weighted by Gasteiger charge is -2.60. The zero-order valence-corrected chi connectivity index (χ0v) is 19.0. The Kier molecular flexibility index (Phi) is 4.94. The predicted octanol–water partition coefficient (Wildman–Crippen LogP) is 5.16. The minimum Gasteiger partial charge on any atom is -0.393 e. The third-order valence-electron chi connectivity index (χ3n) is 9.91. The summed E-state index contributed by atoms with van der Waals surface area (Å²) >= 11 is 0. The van der Waals surface area contributed by atoms with Crippen molar-refractivity contribution in [2.45, 2.75) is 78.7 Å². The number of nitrogens with zero attached hydrogens (tertiary/aromatic N) is 1. The summed E-state index contributed by atoms with van der Waals surface area (Å²) in [5.74, 6) is 3.08. The second-order valence-electron chi connectivity index (χ2n) is 11.3. The van der Waals surface area contributed by atoms with Crippen molar-refractivity contribution in [2.24, 2.45) is 34.5 Å². The molecule has 5 aliphatic rings. The molecule has 1 aliphatic heterocycles. The van der Waals surface area contributed by atoms with Crippen LogP contribution in [0.15, 0.2) is 22.9 Å².